The number of hydrogen-bond donors (Lipinski definition) is 0. The fourth-order valence-corrected chi connectivity index (χ4v) is 0.682. The van der Waals surface area contributed by atoms with Crippen molar-refractivity contribution in [2.75, 3.05) is 0 Å². The number of rotatable bonds is 1. The summed E-state index contributed by atoms with van der Waals surface area (Å²) >= 11 is 0. The lowest BCUT2D eigenvalue weighted by Crippen LogP contribution is -2.02. The average molecular weight is 191 g/mol. The molecule has 4 heteroatoms. The molecule has 66 valence electrons. The summed E-state index contributed by atoms with van der Waals surface area (Å²) in [4.78, 5) is 10.4. The van der Waals surface area contributed by atoms with Crippen molar-refractivity contribution in [3.8, 4) is 5.75 Å². The van der Waals surface area contributed by atoms with E-state index < -0.39 is 11.8 Å². The molecular formula is C8H8ClFO2. The van der Waals surface area contributed by atoms with Gasteiger partial charge in [-0.15, -0.1) is 12.4 Å². The molecule has 0 saturated heterocycles. The molecule has 0 bridgehead atoms. The van der Waals surface area contributed by atoms with Gasteiger partial charge in [0.1, 0.15) is 0 Å². The Morgan fingerprint density at radius 2 is 2.00 bits per heavy atom. The second-order valence-corrected chi connectivity index (χ2v) is 2.02. The fraction of sp³-hybridized carbons (Fsp3) is 0.125. The Morgan fingerprint density at radius 1 is 1.42 bits per heavy atom. The van der Waals surface area contributed by atoms with Crippen LogP contribution < -0.4 is 4.74 Å². The lowest BCUT2D eigenvalue weighted by molar-refractivity contribution is -0.132. The number of ether oxygens (including phenoxy) is 1. The van der Waals surface area contributed by atoms with Crippen LogP contribution in [0, 0.1) is 5.82 Å². The third-order valence-electron chi connectivity index (χ3n) is 1.09. The van der Waals surface area contributed by atoms with Gasteiger partial charge in [0.2, 0.25) is 0 Å². The van der Waals surface area contributed by atoms with Gasteiger partial charge in [0.25, 0.3) is 0 Å². The number of carbonyl (C=O) groups is 1. The van der Waals surface area contributed by atoms with Crippen LogP contribution in [0.15, 0.2) is 24.3 Å². The van der Waals surface area contributed by atoms with Gasteiger partial charge >= 0.3 is 5.97 Å². The van der Waals surface area contributed by atoms with E-state index in [1.165, 1.54) is 25.1 Å². The Hall–Kier alpha value is -1.09. The molecule has 0 aliphatic carbocycles. The van der Waals surface area contributed by atoms with Crippen LogP contribution in [0.25, 0.3) is 0 Å². The largest absolute Gasteiger partial charge is 0.424 e. The van der Waals surface area contributed by atoms with Crippen LogP contribution in [-0.4, -0.2) is 5.97 Å². The Morgan fingerprint density at radius 3 is 2.50 bits per heavy atom. The molecule has 0 fully saturated rings. The number of esters is 1. The molecule has 0 aromatic heterocycles. The SMILES string of the molecule is CC(=O)Oc1ccccc1F.Cl. The molecule has 0 amide bonds. The van der Waals surface area contributed by atoms with E-state index in [1.807, 2.05) is 0 Å². The molecule has 1 aromatic rings. The lowest BCUT2D eigenvalue weighted by atomic mass is 10.3. The van der Waals surface area contributed by atoms with E-state index in [0.717, 1.165) is 0 Å². The first-order chi connectivity index (χ1) is 5.20. The maximum absolute atomic E-state index is 12.7. The summed E-state index contributed by atoms with van der Waals surface area (Å²) in [5.74, 6) is -1.07. The highest BCUT2D eigenvalue weighted by Gasteiger charge is 2.02. The lowest BCUT2D eigenvalue weighted by Gasteiger charge is -2.00. The minimum Gasteiger partial charge on any atom is -0.424 e. The monoisotopic (exact) mass is 190 g/mol. The van der Waals surface area contributed by atoms with Gasteiger partial charge in [-0.1, -0.05) is 12.1 Å². The van der Waals surface area contributed by atoms with E-state index in [-0.39, 0.29) is 18.2 Å². The number of halogens is 2. The molecule has 0 heterocycles. The van der Waals surface area contributed by atoms with Crippen molar-refractivity contribution in [3.63, 3.8) is 0 Å². The van der Waals surface area contributed by atoms with E-state index in [1.54, 1.807) is 6.07 Å². The van der Waals surface area contributed by atoms with Gasteiger partial charge in [0.05, 0.1) is 0 Å². The van der Waals surface area contributed by atoms with Crippen LogP contribution in [0.2, 0.25) is 0 Å². The first kappa shape index (κ1) is 10.9. The van der Waals surface area contributed by atoms with Crippen molar-refractivity contribution in [1.82, 2.24) is 0 Å². The van der Waals surface area contributed by atoms with Gasteiger partial charge in [-0.2, -0.15) is 0 Å². The third kappa shape index (κ3) is 2.88. The molecule has 1 rings (SSSR count). The molecule has 0 aliphatic heterocycles. The molecule has 12 heavy (non-hydrogen) atoms. The van der Waals surface area contributed by atoms with Crippen molar-refractivity contribution in [2.24, 2.45) is 0 Å². The minimum atomic E-state index is -0.525. The van der Waals surface area contributed by atoms with Gasteiger partial charge < -0.3 is 4.74 Å². The second-order valence-electron chi connectivity index (χ2n) is 2.02. The molecule has 2 nitrogen and oxygen atoms in total. The molecule has 1 aromatic carbocycles. The predicted molar refractivity (Wildman–Crippen MR) is 45.0 cm³/mol. The maximum Gasteiger partial charge on any atom is 0.308 e. The number of hydrogen-bond acceptors (Lipinski definition) is 2. The van der Waals surface area contributed by atoms with Crippen LogP contribution in [0.3, 0.4) is 0 Å². The highest BCUT2D eigenvalue weighted by Crippen LogP contribution is 2.14. The van der Waals surface area contributed by atoms with Crippen LogP contribution in [0.4, 0.5) is 4.39 Å². The van der Waals surface area contributed by atoms with E-state index in [2.05, 4.69) is 4.74 Å². The topological polar surface area (TPSA) is 26.3 Å². The molecule has 0 unspecified atom stereocenters. The second kappa shape index (κ2) is 4.72. The van der Waals surface area contributed by atoms with E-state index in [9.17, 15) is 9.18 Å². The molecule has 0 radical (unpaired) electrons. The first-order valence-electron chi connectivity index (χ1n) is 3.13. The first-order valence-corrected chi connectivity index (χ1v) is 3.13. The Balaban J connectivity index is 0.00000121. The zero-order chi connectivity index (χ0) is 8.27. The van der Waals surface area contributed by atoms with Gasteiger partial charge in [-0.3, -0.25) is 4.79 Å². The molecular weight excluding hydrogens is 183 g/mol. The summed E-state index contributed by atoms with van der Waals surface area (Å²) in [7, 11) is 0. The normalized spacial score (nSPS) is 8.50. The van der Waals surface area contributed by atoms with Crippen molar-refractivity contribution in [2.45, 2.75) is 6.92 Å². The summed E-state index contributed by atoms with van der Waals surface area (Å²) in [5.41, 5.74) is 0. The number of carbonyl (C=O) groups excluding carboxylic acids is 1. The highest BCUT2D eigenvalue weighted by atomic mass is 35.5. The van der Waals surface area contributed by atoms with Gasteiger partial charge in [-0.05, 0) is 12.1 Å². The van der Waals surface area contributed by atoms with Crippen molar-refractivity contribution < 1.29 is 13.9 Å². The smallest absolute Gasteiger partial charge is 0.308 e. The summed E-state index contributed by atoms with van der Waals surface area (Å²) in [6, 6.07) is 5.76. The maximum atomic E-state index is 12.7. The summed E-state index contributed by atoms with van der Waals surface area (Å²) < 4.78 is 17.2. The van der Waals surface area contributed by atoms with Crippen LogP contribution in [0.1, 0.15) is 6.92 Å². The zero-order valence-corrected chi connectivity index (χ0v) is 7.23. The fourth-order valence-electron chi connectivity index (χ4n) is 0.682. The van der Waals surface area contributed by atoms with Crippen molar-refractivity contribution in [1.29, 1.82) is 0 Å². The Labute approximate surface area is 75.8 Å². The van der Waals surface area contributed by atoms with Gasteiger partial charge in [-0.25, -0.2) is 4.39 Å². The number of benzene rings is 1. The van der Waals surface area contributed by atoms with Gasteiger partial charge in [0, 0.05) is 6.92 Å². The standard InChI is InChI=1S/C8H7FO2.ClH/c1-6(10)11-8-5-3-2-4-7(8)9;/h2-5H,1H3;1H. The van der Waals surface area contributed by atoms with Crippen molar-refractivity contribution in [3.05, 3.63) is 30.1 Å². The Kier molecular flexibility index (Phi) is 4.29. The van der Waals surface area contributed by atoms with Crippen LogP contribution in [-0.2, 0) is 4.79 Å². The molecule has 0 saturated carbocycles. The summed E-state index contributed by atoms with van der Waals surface area (Å²) in [6.07, 6.45) is 0. The van der Waals surface area contributed by atoms with E-state index in [4.69, 9.17) is 0 Å². The Bertz CT molecular complexity index is 276. The average Bonchev–Trinajstić information content (AvgIpc) is 1.93. The molecule has 0 N–H and O–H groups in total. The highest BCUT2D eigenvalue weighted by molar-refractivity contribution is 5.85. The summed E-state index contributed by atoms with van der Waals surface area (Å²) in [6.45, 7) is 1.23. The number of para-hydroxylation sites is 1. The van der Waals surface area contributed by atoms with Crippen LogP contribution in [0.5, 0.6) is 5.75 Å². The third-order valence-corrected chi connectivity index (χ3v) is 1.09. The van der Waals surface area contributed by atoms with Gasteiger partial charge in [0.15, 0.2) is 11.6 Å². The van der Waals surface area contributed by atoms with E-state index >= 15 is 0 Å². The van der Waals surface area contributed by atoms with Crippen molar-refractivity contribution >= 4 is 18.4 Å². The predicted octanol–water partition coefficient (Wildman–Crippen LogP) is 2.17. The summed E-state index contributed by atoms with van der Waals surface area (Å²) in [5, 5.41) is 0. The molecule has 0 spiro atoms. The molecule has 0 atom stereocenters. The minimum absolute atomic E-state index is 0. The van der Waals surface area contributed by atoms with E-state index in [0.29, 0.717) is 0 Å². The molecule has 0 aliphatic rings. The quantitative estimate of drug-likeness (QED) is 0.501. The zero-order valence-electron chi connectivity index (χ0n) is 6.41. The van der Waals surface area contributed by atoms with Crippen LogP contribution >= 0.6 is 12.4 Å².